The molecule has 0 atom stereocenters. The van der Waals surface area contributed by atoms with Gasteiger partial charge in [0.05, 0.1) is 12.2 Å². The fourth-order valence-corrected chi connectivity index (χ4v) is 0.891. The number of benzene rings is 1. The van der Waals surface area contributed by atoms with Gasteiger partial charge < -0.3 is 5.32 Å². The summed E-state index contributed by atoms with van der Waals surface area (Å²) >= 11 is 5.46. The molecule has 0 spiro atoms. The zero-order valence-corrected chi connectivity index (χ0v) is 7.54. The number of nitrogens with one attached hydrogen (secondary N) is 1. The van der Waals surface area contributed by atoms with Gasteiger partial charge in [0.15, 0.2) is 0 Å². The average molecular weight is 204 g/mol. The Labute approximate surface area is 80.0 Å². The van der Waals surface area contributed by atoms with Crippen LogP contribution in [0, 0.1) is 11.6 Å². The van der Waals surface area contributed by atoms with Gasteiger partial charge in [-0.3, -0.25) is 0 Å². The highest BCUT2D eigenvalue weighted by molar-refractivity contribution is 6.29. The molecule has 4 heteroatoms. The normalized spacial score (nSPS) is 9.77. The van der Waals surface area contributed by atoms with Crippen molar-refractivity contribution in [2.24, 2.45) is 0 Å². The van der Waals surface area contributed by atoms with Gasteiger partial charge >= 0.3 is 0 Å². The average Bonchev–Trinajstić information content (AvgIpc) is 2.02. The van der Waals surface area contributed by atoms with E-state index in [-0.39, 0.29) is 12.2 Å². The summed E-state index contributed by atoms with van der Waals surface area (Å²) in [6.45, 7) is 3.68. The van der Waals surface area contributed by atoms with Crippen molar-refractivity contribution in [1.82, 2.24) is 0 Å². The molecule has 0 radical (unpaired) electrons. The lowest BCUT2D eigenvalue weighted by atomic mass is 10.3. The van der Waals surface area contributed by atoms with Crippen molar-refractivity contribution in [3.63, 3.8) is 0 Å². The minimum absolute atomic E-state index is 0.211. The Balaban J connectivity index is 2.72. The second kappa shape index (κ2) is 4.23. The Bertz CT molecular complexity index is 325. The molecule has 0 saturated carbocycles. The van der Waals surface area contributed by atoms with Crippen molar-refractivity contribution < 1.29 is 8.78 Å². The summed E-state index contributed by atoms with van der Waals surface area (Å²) in [5.74, 6) is -1.24. The maximum absolute atomic E-state index is 12.9. The molecule has 0 saturated heterocycles. The largest absolute Gasteiger partial charge is 0.378 e. The monoisotopic (exact) mass is 203 g/mol. The molecule has 1 aromatic carbocycles. The van der Waals surface area contributed by atoms with Crippen molar-refractivity contribution >= 4 is 17.3 Å². The first-order valence-corrected chi connectivity index (χ1v) is 3.99. The van der Waals surface area contributed by atoms with Gasteiger partial charge in [-0.15, -0.1) is 0 Å². The highest BCUT2D eigenvalue weighted by atomic mass is 35.5. The van der Waals surface area contributed by atoms with E-state index in [9.17, 15) is 8.78 Å². The van der Waals surface area contributed by atoms with Gasteiger partial charge in [0, 0.05) is 11.1 Å². The van der Waals surface area contributed by atoms with Crippen LogP contribution >= 0.6 is 11.6 Å². The van der Waals surface area contributed by atoms with E-state index < -0.39 is 11.6 Å². The first kappa shape index (κ1) is 9.99. The van der Waals surface area contributed by atoms with Crippen LogP contribution < -0.4 is 5.32 Å². The molecule has 70 valence electrons. The number of rotatable bonds is 3. The van der Waals surface area contributed by atoms with Crippen LogP contribution in [0.5, 0.6) is 0 Å². The predicted octanol–water partition coefficient (Wildman–Crippen LogP) is 3.13. The standard InChI is InChI=1S/C9H8ClF2N/c1-6(10)5-13-9-3-2-7(11)4-8(9)12/h2-4,13H,1,5H2. The fraction of sp³-hybridized carbons (Fsp3) is 0.111. The molecule has 1 N–H and O–H groups in total. The van der Waals surface area contributed by atoms with E-state index in [1.165, 1.54) is 12.1 Å². The van der Waals surface area contributed by atoms with Crippen molar-refractivity contribution in [1.29, 1.82) is 0 Å². The van der Waals surface area contributed by atoms with Gasteiger partial charge in [-0.25, -0.2) is 8.78 Å². The van der Waals surface area contributed by atoms with Crippen LogP contribution in [0.2, 0.25) is 0 Å². The second-order valence-corrected chi connectivity index (χ2v) is 3.03. The van der Waals surface area contributed by atoms with E-state index in [4.69, 9.17) is 11.6 Å². The summed E-state index contributed by atoms with van der Waals surface area (Å²) in [4.78, 5) is 0. The molecular weight excluding hydrogens is 196 g/mol. The Morgan fingerprint density at radius 2 is 2.15 bits per heavy atom. The summed E-state index contributed by atoms with van der Waals surface area (Å²) in [5.41, 5.74) is 0.211. The van der Waals surface area contributed by atoms with Crippen molar-refractivity contribution in [2.75, 3.05) is 11.9 Å². The van der Waals surface area contributed by atoms with Crippen LogP contribution in [0.15, 0.2) is 29.8 Å². The van der Waals surface area contributed by atoms with Gasteiger partial charge in [0.1, 0.15) is 11.6 Å². The predicted molar refractivity (Wildman–Crippen MR) is 49.8 cm³/mol. The van der Waals surface area contributed by atoms with Crippen LogP contribution in [-0.2, 0) is 0 Å². The number of anilines is 1. The first-order chi connectivity index (χ1) is 6.09. The summed E-state index contributed by atoms with van der Waals surface area (Å²) in [6.07, 6.45) is 0. The van der Waals surface area contributed by atoms with Gasteiger partial charge in [-0.2, -0.15) is 0 Å². The van der Waals surface area contributed by atoms with Gasteiger partial charge in [0.25, 0.3) is 0 Å². The molecule has 0 bridgehead atoms. The van der Waals surface area contributed by atoms with E-state index in [0.29, 0.717) is 5.03 Å². The third-order valence-corrected chi connectivity index (χ3v) is 1.54. The molecular formula is C9H8ClF2N. The number of hydrogen-bond donors (Lipinski definition) is 1. The molecule has 1 aromatic rings. The molecule has 0 aliphatic rings. The molecule has 13 heavy (non-hydrogen) atoms. The Morgan fingerprint density at radius 3 is 2.69 bits per heavy atom. The van der Waals surface area contributed by atoms with Gasteiger partial charge in [-0.05, 0) is 12.1 Å². The molecule has 0 fully saturated rings. The minimum Gasteiger partial charge on any atom is -0.378 e. The van der Waals surface area contributed by atoms with Crippen LogP contribution in [-0.4, -0.2) is 6.54 Å². The molecule has 0 aromatic heterocycles. The summed E-state index contributed by atoms with van der Waals surface area (Å²) in [6, 6.07) is 3.28. The lowest BCUT2D eigenvalue weighted by Crippen LogP contribution is -2.02. The number of halogens is 3. The lowest BCUT2D eigenvalue weighted by Gasteiger charge is -2.05. The summed E-state index contributed by atoms with van der Waals surface area (Å²) in [7, 11) is 0. The van der Waals surface area contributed by atoms with Crippen LogP contribution in [0.1, 0.15) is 0 Å². The summed E-state index contributed by atoms with van der Waals surface area (Å²) in [5, 5.41) is 3.03. The van der Waals surface area contributed by atoms with E-state index in [2.05, 4.69) is 11.9 Å². The Morgan fingerprint density at radius 1 is 1.46 bits per heavy atom. The zero-order valence-electron chi connectivity index (χ0n) is 6.78. The lowest BCUT2D eigenvalue weighted by molar-refractivity contribution is 0.585. The third-order valence-electron chi connectivity index (χ3n) is 1.40. The molecule has 0 aliphatic heterocycles. The molecule has 1 rings (SSSR count). The molecule has 0 amide bonds. The van der Waals surface area contributed by atoms with Crippen molar-refractivity contribution in [3.05, 3.63) is 41.4 Å². The van der Waals surface area contributed by atoms with Gasteiger partial charge in [-0.1, -0.05) is 18.2 Å². The highest BCUT2D eigenvalue weighted by Crippen LogP contribution is 2.15. The first-order valence-electron chi connectivity index (χ1n) is 3.62. The highest BCUT2D eigenvalue weighted by Gasteiger charge is 2.02. The van der Waals surface area contributed by atoms with E-state index in [1.54, 1.807) is 0 Å². The van der Waals surface area contributed by atoms with Crippen molar-refractivity contribution in [2.45, 2.75) is 0 Å². The Kier molecular flexibility index (Phi) is 3.25. The van der Waals surface area contributed by atoms with Crippen LogP contribution in [0.4, 0.5) is 14.5 Å². The molecule has 0 unspecified atom stereocenters. The second-order valence-electron chi connectivity index (χ2n) is 2.49. The third kappa shape index (κ3) is 3.03. The zero-order chi connectivity index (χ0) is 9.84. The maximum Gasteiger partial charge on any atom is 0.149 e. The van der Waals surface area contributed by atoms with E-state index >= 15 is 0 Å². The fourth-order valence-electron chi connectivity index (χ4n) is 0.824. The minimum atomic E-state index is -0.641. The molecule has 0 aliphatic carbocycles. The smallest absolute Gasteiger partial charge is 0.149 e. The number of hydrogen-bond acceptors (Lipinski definition) is 1. The molecule has 0 heterocycles. The topological polar surface area (TPSA) is 12.0 Å². The van der Waals surface area contributed by atoms with Crippen LogP contribution in [0.25, 0.3) is 0 Å². The van der Waals surface area contributed by atoms with E-state index in [0.717, 1.165) is 6.07 Å². The maximum atomic E-state index is 12.9. The van der Waals surface area contributed by atoms with E-state index in [1.807, 2.05) is 0 Å². The molecule has 1 nitrogen and oxygen atoms in total. The van der Waals surface area contributed by atoms with Crippen LogP contribution in [0.3, 0.4) is 0 Å². The summed E-state index contributed by atoms with van der Waals surface area (Å²) < 4.78 is 25.4. The van der Waals surface area contributed by atoms with Gasteiger partial charge in [0.2, 0.25) is 0 Å². The Hall–Kier alpha value is -1.09. The van der Waals surface area contributed by atoms with Crippen molar-refractivity contribution in [3.8, 4) is 0 Å². The SMILES string of the molecule is C=C(Cl)CNc1ccc(F)cc1F. The quantitative estimate of drug-likeness (QED) is 0.796.